The predicted octanol–water partition coefficient (Wildman–Crippen LogP) is 1.60. The van der Waals surface area contributed by atoms with Crippen LogP contribution in [-0.2, 0) is 4.79 Å². The van der Waals surface area contributed by atoms with E-state index in [0.29, 0.717) is 18.1 Å². The monoisotopic (exact) mass is 252 g/mol. The van der Waals surface area contributed by atoms with Crippen LogP contribution in [0.2, 0.25) is 0 Å². The van der Waals surface area contributed by atoms with Crippen molar-refractivity contribution in [1.82, 2.24) is 10.2 Å². The molecule has 0 aromatic heterocycles. The molecule has 102 valence electrons. The van der Waals surface area contributed by atoms with E-state index in [0.717, 1.165) is 25.7 Å². The van der Waals surface area contributed by atoms with Gasteiger partial charge in [0, 0.05) is 18.1 Å². The van der Waals surface area contributed by atoms with E-state index >= 15 is 0 Å². The highest BCUT2D eigenvalue weighted by Gasteiger charge is 2.51. The second-order valence-electron chi connectivity index (χ2n) is 6.47. The van der Waals surface area contributed by atoms with Gasteiger partial charge in [0.2, 0.25) is 0 Å². The molecule has 3 fully saturated rings. The molecule has 3 rings (SSSR count). The summed E-state index contributed by atoms with van der Waals surface area (Å²) in [7, 11) is 2.16. The van der Waals surface area contributed by atoms with Gasteiger partial charge in [0.05, 0.1) is 0 Å². The van der Waals surface area contributed by atoms with Crippen molar-refractivity contribution in [2.75, 3.05) is 7.05 Å². The number of carbonyl (C=O) groups is 1. The summed E-state index contributed by atoms with van der Waals surface area (Å²) in [4.78, 5) is 14.2. The maximum atomic E-state index is 11.8. The molecule has 0 aromatic rings. The molecule has 2 aliphatic heterocycles. The maximum absolute atomic E-state index is 11.8. The van der Waals surface area contributed by atoms with Gasteiger partial charge in [-0.25, -0.2) is 0 Å². The Morgan fingerprint density at radius 3 is 2.22 bits per heavy atom. The van der Waals surface area contributed by atoms with Crippen molar-refractivity contribution in [2.45, 2.75) is 75.0 Å². The van der Waals surface area contributed by atoms with Gasteiger partial charge in [-0.05, 0) is 45.6 Å². The normalized spacial score (nSPS) is 41.4. The quantitative estimate of drug-likeness (QED) is 0.801. The molecule has 2 heterocycles. The number of fused-ring (bicyclic) bond motifs is 2. The zero-order chi connectivity index (χ0) is 12.8. The molecule has 0 spiro atoms. The molecule has 2 bridgehead atoms. The van der Waals surface area contributed by atoms with Gasteiger partial charge in [-0.15, -0.1) is 0 Å². The molecule has 2 unspecified atom stereocenters. The second kappa shape index (κ2) is 4.49. The number of carboxylic acid groups (broad SMARTS) is 1. The van der Waals surface area contributed by atoms with Crippen LogP contribution in [0.1, 0.15) is 51.4 Å². The number of hydrogen-bond donors (Lipinski definition) is 2. The van der Waals surface area contributed by atoms with Crippen LogP contribution in [0.25, 0.3) is 0 Å². The highest BCUT2D eigenvalue weighted by molar-refractivity contribution is 5.79. The first-order chi connectivity index (χ1) is 8.61. The molecular formula is C14H24N2O2. The minimum Gasteiger partial charge on any atom is -0.480 e. The van der Waals surface area contributed by atoms with Crippen molar-refractivity contribution in [2.24, 2.45) is 0 Å². The van der Waals surface area contributed by atoms with Crippen LogP contribution in [0.5, 0.6) is 0 Å². The molecule has 2 saturated heterocycles. The molecular weight excluding hydrogens is 228 g/mol. The number of carboxylic acids is 1. The van der Waals surface area contributed by atoms with Crippen LogP contribution in [0.4, 0.5) is 0 Å². The second-order valence-corrected chi connectivity index (χ2v) is 6.47. The Morgan fingerprint density at radius 1 is 1.17 bits per heavy atom. The van der Waals surface area contributed by atoms with Crippen molar-refractivity contribution in [1.29, 1.82) is 0 Å². The average Bonchev–Trinajstić information content (AvgIpc) is 2.87. The van der Waals surface area contributed by atoms with Crippen LogP contribution in [0.15, 0.2) is 0 Å². The van der Waals surface area contributed by atoms with Crippen molar-refractivity contribution in [3.05, 3.63) is 0 Å². The first-order valence-electron chi connectivity index (χ1n) is 7.34. The number of hydrogen-bond acceptors (Lipinski definition) is 3. The Kier molecular flexibility index (Phi) is 3.10. The van der Waals surface area contributed by atoms with E-state index in [1.165, 1.54) is 25.7 Å². The largest absolute Gasteiger partial charge is 0.480 e. The van der Waals surface area contributed by atoms with Crippen LogP contribution < -0.4 is 5.32 Å². The molecule has 2 atom stereocenters. The van der Waals surface area contributed by atoms with E-state index < -0.39 is 11.5 Å². The molecule has 2 N–H and O–H groups in total. The molecule has 3 aliphatic rings. The lowest BCUT2D eigenvalue weighted by Gasteiger charge is -2.44. The fourth-order valence-electron chi connectivity index (χ4n) is 4.29. The van der Waals surface area contributed by atoms with Gasteiger partial charge in [0.15, 0.2) is 0 Å². The van der Waals surface area contributed by atoms with Crippen LogP contribution >= 0.6 is 0 Å². The first-order valence-corrected chi connectivity index (χ1v) is 7.34. The minimum absolute atomic E-state index is 0.434. The van der Waals surface area contributed by atoms with Crippen molar-refractivity contribution >= 4 is 5.97 Å². The van der Waals surface area contributed by atoms with E-state index in [1.807, 2.05) is 0 Å². The highest BCUT2D eigenvalue weighted by Crippen LogP contribution is 2.40. The lowest BCUT2D eigenvalue weighted by Crippen LogP contribution is -2.63. The smallest absolute Gasteiger partial charge is 0.324 e. The van der Waals surface area contributed by atoms with E-state index in [4.69, 9.17) is 0 Å². The van der Waals surface area contributed by atoms with Crippen molar-refractivity contribution in [3.63, 3.8) is 0 Å². The van der Waals surface area contributed by atoms with Crippen molar-refractivity contribution < 1.29 is 9.90 Å². The molecule has 0 radical (unpaired) electrons. The Hall–Kier alpha value is -0.610. The summed E-state index contributed by atoms with van der Waals surface area (Å²) in [5.41, 5.74) is -0.645. The summed E-state index contributed by atoms with van der Waals surface area (Å²) >= 11 is 0. The molecule has 18 heavy (non-hydrogen) atoms. The summed E-state index contributed by atoms with van der Waals surface area (Å²) in [5, 5.41) is 13.2. The summed E-state index contributed by atoms with van der Waals surface area (Å²) in [6, 6.07) is 1.37. The fourth-order valence-corrected chi connectivity index (χ4v) is 4.29. The van der Waals surface area contributed by atoms with Gasteiger partial charge < -0.3 is 10.0 Å². The summed E-state index contributed by atoms with van der Waals surface area (Å²) < 4.78 is 0. The summed E-state index contributed by atoms with van der Waals surface area (Å²) in [5.74, 6) is -0.626. The minimum atomic E-state index is -0.645. The van der Waals surface area contributed by atoms with E-state index in [-0.39, 0.29) is 0 Å². The lowest BCUT2D eigenvalue weighted by atomic mass is 9.82. The fraction of sp³-hybridized carbons (Fsp3) is 0.929. The summed E-state index contributed by atoms with van der Waals surface area (Å²) in [6.07, 6.45) is 8.71. The Morgan fingerprint density at radius 2 is 1.72 bits per heavy atom. The SMILES string of the molecule is CN1C2CCC1CC(NC1CCCC1)(C(=O)O)C2. The molecule has 0 amide bonds. The third-order valence-electron chi connectivity index (χ3n) is 5.40. The Balaban J connectivity index is 1.77. The van der Waals surface area contributed by atoms with Crippen LogP contribution in [0, 0.1) is 0 Å². The van der Waals surface area contributed by atoms with Gasteiger partial charge in [-0.2, -0.15) is 0 Å². The number of rotatable bonds is 3. The summed E-state index contributed by atoms with van der Waals surface area (Å²) in [6.45, 7) is 0. The average molecular weight is 252 g/mol. The van der Waals surface area contributed by atoms with E-state index in [1.54, 1.807) is 0 Å². The molecule has 1 saturated carbocycles. The molecule has 1 aliphatic carbocycles. The van der Waals surface area contributed by atoms with E-state index in [9.17, 15) is 9.90 Å². The number of nitrogens with zero attached hydrogens (tertiary/aromatic N) is 1. The Labute approximate surface area is 109 Å². The van der Waals surface area contributed by atoms with Gasteiger partial charge in [0.25, 0.3) is 0 Å². The molecule has 4 heteroatoms. The maximum Gasteiger partial charge on any atom is 0.324 e. The highest BCUT2D eigenvalue weighted by atomic mass is 16.4. The van der Waals surface area contributed by atoms with Crippen LogP contribution in [0.3, 0.4) is 0 Å². The van der Waals surface area contributed by atoms with Crippen LogP contribution in [-0.4, -0.2) is 46.7 Å². The zero-order valence-corrected chi connectivity index (χ0v) is 11.2. The number of aliphatic carboxylic acids is 1. The standard InChI is InChI=1S/C14H24N2O2/c1-16-11-6-7-12(16)9-14(8-11,13(17)18)15-10-4-2-3-5-10/h10-12,15H,2-9H2,1H3,(H,17,18). The van der Waals surface area contributed by atoms with Gasteiger partial charge in [0.1, 0.15) is 5.54 Å². The predicted molar refractivity (Wildman–Crippen MR) is 69.6 cm³/mol. The zero-order valence-electron chi connectivity index (χ0n) is 11.2. The number of piperidine rings is 1. The van der Waals surface area contributed by atoms with Crippen molar-refractivity contribution in [3.8, 4) is 0 Å². The molecule has 0 aromatic carbocycles. The van der Waals surface area contributed by atoms with E-state index in [2.05, 4.69) is 17.3 Å². The van der Waals surface area contributed by atoms with Gasteiger partial charge in [-0.1, -0.05) is 12.8 Å². The van der Waals surface area contributed by atoms with Gasteiger partial charge >= 0.3 is 5.97 Å². The lowest BCUT2D eigenvalue weighted by molar-refractivity contribution is -0.148. The third-order valence-corrected chi connectivity index (χ3v) is 5.40. The van der Waals surface area contributed by atoms with Gasteiger partial charge in [-0.3, -0.25) is 10.1 Å². The number of nitrogens with one attached hydrogen (secondary N) is 1. The molecule has 4 nitrogen and oxygen atoms in total. The first kappa shape index (κ1) is 12.4. The third kappa shape index (κ3) is 1.95. The Bertz CT molecular complexity index is 325. The topological polar surface area (TPSA) is 52.6 Å².